The van der Waals surface area contributed by atoms with Crippen molar-refractivity contribution >= 4 is 5.69 Å². The molecule has 4 heteroatoms. The van der Waals surface area contributed by atoms with Gasteiger partial charge in [-0.3, -0.25) is 4.98 Å². The Balaban J connectivity index is 2.10. The van der Waals surface area contributed by atoms with Gasteiger partial charge in [0, 0.05) is 19.1 Å². The molecule has 0 amide bonds. The molecule has 2 rings (SSSR count). The van der Waals surface area contributed by atoms with Gasteiger partial charge >= 0.3 is 0 Å². The van der Waals surface area contributed by atoms with Gasteiger partial charge in [0.25, 0.3) is 0 Å². The van der Waals surface area contributed by atoms with Gasteiger partial charge in [-0.15, -0.1) is 0 Å². The van der Waals surface area contributed by atoms with Gasteiger partial charge in [-0.1, -0.05) is 0 Å². The summed E-state index contributed by atoms with van der Waals surface area (Å²) in [6, 6.07) is 3.94. The molecular formula is C11H17N3O. The van der Waals surface area contributed by atoms with Crippen LogP contribution in [0.5, 0.6) is 0 Å². The van der Waals surface area contributed by atoms with Gasteiger partial charge < -0.3 is 15.7 Å². The molecule has 0 aromatic carbocycles. The van der Waals surface area contributed by atoms with E-state index in [9.17, 15) is 5.11 Å². The Labute approximate surface area is 89.7 Å². The van der Waals surface area contributed by atoms with Crippen LogP contribution >= 0.6 is 0 Å². The molecule has 1 aromatic rings. The molecule has 0 aliphatic carbocycles. The van der Waals surface area contributed by atoms with Crippen LogP contribution in [0.1, 0.15) is 25.1 Å². The Bertz CT molecular complexity index is 323. The van der Waals surface area contributed by atoms with Crippen molar-refractivity contribution in [3.05, 3.63) is 24.0 Å². The van der Waals surface area contributed by atoms with E-state index in [1.807, 2.05) is 25.3 Å². The first-order chi connectivity index (χ1) is 7.16. The van der Waals surface area contributed by atoms with E-state index in [0.29, 0.717) is 6.54 Å². The number of pyridine rings is 1. The lowest BCUT2D eigenvalue weighted by atomic mass is 10.2. The highest BCUT2D eigenvalue weighted by Gasteiger charge is 2.20. The lowest BCUT2D eigenvalue weighted by molar-refractivity contribution is 0.198. The van der Waals surface area contributed by atoms with Crippen LogP contribution in [-0.2, 0) is 0 Å². The van der Waals surface area contributed by atoms with Crippen molar-refractivity contribution in [2.75, 3.05) is 18.0 Å². The van der Waals surface area contributed by atoms with Gasteiger partial charge in [0.2, 0.25) is 0 Å². The van der Waals surface area contributed by atoms with Gasteiger partial charge in [0.1, 0.15) is 0 Å². The molecule has 0 radical (unpaired) electrons. The fourth-order valence-corrected chi connectivity index (χ4v) is 1.83. The lowest BCUT2D eigenvalue weighted by Gasteiger charge is -2.17. The van der Waals surface area contributed by atoms with Crippen molar-refractivity contribution in [3.63, 3.8) is 0 Å². The molecular weight excluding hydrogens is 190 g/mol. The van der Waals surface area contributed by atoms with Crippen molar-refractivity contribution in [3.8, 4) is 0 Å². The highest BCUT2D eigenvalue weighted by molar-refractivity contribution is 5.45. The Hall–Kier alpha value is -1.13. The molecule has 1 aliphatic heterocycles. The summed E-state index contributed by atoms with van der Waals surface area (Å²) in [6.45, 7) is 3.53. The Morgan fingerprint density at radius 1 is 1.60 bits per heavy atom. The molecule has 0 bridgehead atoms. The maximum Gasteiger partial charge on any atom is 0.0731 e. The first-order valence-corrected chi connectivity index (χ1v) is 5.31. The van der Waals surface area contributed by atoms with Crippen LogP contribution in [0.15, 0.2) is 18.3 Å². The number of nitrogens with zero attached hydrogens (tertiary/aromatic N) is 2. The van der Waals surface area contributed by atoms with Gasteiger partial charge in [0.15, 0.2) is 0 Å². The Morgan fingerprint density at radius 3 is 2.87 bits per heavy atom. The molecule has 1 saturated heterocycles. The zero-order valence-electron chi connectivity index (χ0n) is 8.93. The molecule has 15 heavy (non-hydrogen) atoms. The third-order valence-electron chi connectivity index (χ3n) is 2.77. The largest absolute Gasteiger partial charge is 0.391 e. The third-order valence-corrected chi connectivity index (χ3v) is 2.77. The summed E-state index contributed by atoms with van der Waals surface area (Å²) in [6.07, 6.45) is 2.48. The molecule has 1 fully saturated rings. The van der Waals surface area contributed by atoms with Crippen LogP contribution in [-0.4, -0.2) is 29.3 Å². The molecule has 1 aliphatic rings. The van der Waals surface area contributed by atoms with Crippen molar-refractivity contribution in [2.24, 2.45) is 5.73 Å². The van der Waals surface area contributed by atoms with Crippen LogP contribution in [0.25, 0.3) is 0 Å². The van der Waals surface area contributed by atoms with Crippen LogP contribution in [0.4, 0.5) is 5.69 Å². The molecule has 4 nitrogen and oxygen atoms in total. The summed E-state index contributed by atoms with van der Waals surface area (Å²) >= 11 is 0. The van der Waals surface area contributed by atoms with E-state index in [2.05, 4.69) is 9.88 Å². The quantitative estimate of drug-likeness (QED) is 0.748. The predicted molar refractivity (Wildman–Crippen MR) is 59.7 cm³/mol. The topological polar surface area (TPSA) is 62.4 Å². The van der Waals surface area contributed by atoms with Crippen LogP contribution < -0.4 is 10.6 Å². The van der Waals surface area contributed by atoms with E-state index in [0.717, 1.165) is 24.3 Å². The van der Waals surface area contributed by atoms with Crippen LogP contribution in [0, 0.1) is 0 Å². The van der Waals surface area contributed by atoms with Gasteiger partial charge in [-0.2, -0.15) is 0 Å². The van der Waals surface area contributed by atoms with Crippen LogP contribution in [0.3, 0.4) is 0 Å². The summed E-state index contributed by atoms with van der Waals surface area (Å²) in [7, 11) is 0. The van der Waals surface area contributed by atoms with E-state index in [-0.39, 0.29) is 12.1 Å². The number of nitrogens with two attached hydrogens (primary N) is 1. The minimum atomic E-state index is -0.196. The van der Waals surface area contributed by atoms with E-state index in [4.69, 9.17) is 5.73 Å². The van der Waals surface area contributed by atoms with Gasteiger partial charge in [-0.25, -0.2) is 0 Å². The zero-order valence-corrected chi connectivity index (χ0v) is 8.93. The fraction of sp³-hybridized carbons (Fsp3) is 0.545. The normalized spacial score (nSPS) is 23.1. The minimum Gasteiger partial charge on any atom is -0.391 e. The maximum atomic E-state index is 9.42. The maximum absolute atomic E-state index is 9.42. The number of hydrogen-bond donors (Lipinski definition) is 2. The number of aliphatic hydroxyl groups excluding tert-OH is 1. The van der Waals surface area contributed by atoms with E-state index >= 15 is 0 Å². The van der Waals surface area contributed by atoms with E-state index in [1.165, 1.54) is 0 Å². The second-order valence-corrected chi connectivity index (χ2v) is 4.12. The number of aromatic nitrogens is 1. The molecule has 2 unspecified atom stereocenters. The smallest absolute Gasteiger partial charge is 0.0731 e. The first-order valence-electron chi connectivity index (χ1n) is 5.31. The van der Waals surface area contributed by atoms with Crippen molar-refractivity contribution in [1.82, 2.24) is 4.98 Å². The zero-order chi connectivity index (χ0) is 10.8. The Kier molecular flexibility index (Phi) is 2.88. The van der Waals surface area contributed by atoms with Crippen molar-refractivity contribution in [2.45, 2.75) is 25.5 Å². The SMILES string of the molecule is CC(N)c1ccc(N2CCC(O)C2)cn1. The van der Waals surface area contributed by atoms with Crippen molar-refractivity contribution < 1.29 is 5.11 Å². The highest BCUT2D eigenvalue weighted by Crippen LogP contribution is 2.20. The molecule has 0 saturated carbocycles. The van der Waals surface area contributed by atoms with Gasteiger partial charge in [0.05, 0.1) is 23.7 Å². The summed E-state index contributed by atoms with van der Waals surface area (Å²) in [5.74, 6) is 0. The summed E-state index contributed by atoms with van der Waals surface area (Å²) in [5.41, 5.74) is 7.69. The number of anilines is 1. The lowest BCUT2D eigenvalue weighted by Crippen LogP contribution is -2.21. The predicted octanol–water partition coefficient (Wildman–Crippen LogP) is 0.672. The average molecular weight is 207 g/mol. The molecule has 0 spiro atoms. The summed E-state index contributed by atoms with van der Waals surface area (Å²) in [5, 5.41) is 9.42. The number of aliphatic hydroxyl groups is 1. The fourth-order valence-electron chi connectivity index (χ4n) is 1.83. The van der Waals surface area contributed by atoms with Crippen molar-refractivity contribution in [1.29, 1.82) is 0 Å². The molecule has 3 N–H and O–H groups in total. The highest BCUT2D eigenvalue weighted by atomic mass is 16.3. The molecule has 2 heterocycles. The monoisotopic (exact) mass is 207 g/mol. The summed E-state index contributed by atoms with van der Waals surface area (Å²) < 4.78 is 0. The molecule has 2 atom stereocenters. The third kappa shape index (κ3) is 2.27. The second-order valence-electron chi connectivity index (χ2n) is 4.12. The first kappa shape index (κ1) is 10.4. The standard InChI is InChI=1S/C11H17N3O/c1-8(12)11-3-2-9(6-13-11)14-5-4-10(15)7-14/h2-3,6,8,10,15H,4-5,7,12H2,1H3. The average Bonchev–Trinajstić information content (AvgIpc) is 2.65. The van der Waals surface area contributed by atoms with Crippen LogP contribution in [0.2, 0.25) is 0 Å². The van der Waals surface area contributed by atoms with E-state index < -0.39 is 0 Å². The molecule has 1 aromatic heterocycles. The summed E-state index contributed by atoms with van der Waals surface area (Å²) in [4.78, 5) is 6.44. The number of rotatable bonds is 2. The number of β-amino-alcohol motifs (C(OH)–C–C–N with tert-alkyl or cyclic N) is 1. The Morgan fingerprint density at radius 2 is 2.40 bits per heavy atom. The minimum absolute atomic E-state index is 0.0248. The molecule has 82 valence electrons. The second kappa shape index (κ2) is 4.16. The van der Waals surface area contributed by atoms with E-state index in [1.54, 1.807) is 0 Å². The van der Waals surface area contributed by atoms with Gasteiger partial charge in [-0.05, 0) is 25.5 Å². The number of hydrogen-bond acceptors (Lipinski definition) is 4.